The molecule has 2 amide bonds. The van der Waals surface area contributed by atoms with Gasteiger partial charge in [0.15, 0.2) is 0 Å². The summed E-state index contributed by atoms with van der Waals surface area (Å²) in [5, 5.41) is 5.24. The summed E-state index contributed by atoms with van der Waals surface area (Å²) in [5.74, 6) is 0.405. The molecule has 26 heavy (non-hydrogen) atoms. The first-order chi connectivity index (χ1) is 12.7. The summed E-state index contributed by atoms with van der Waals surface area (Å²) in [6.07, 6.45) is 12.5. The van der Waals surface area contributed by atoms with E-state index in [0.717, 1.165) is 12.8 Å². The Labute approximate surface area is 157 Å². The van der Waals surface area contributed by atoms with Gasteiger partial charge in [-0.1, -0.05) is 70.8 Å². The van der Waals surface area contributed by atoms with E-state index < -0.39 is 6.09 Å². The Kier molecular flexibility index (Phi) is 12.0. The molecule has 0 saturated carbocycles. The quantitative estimate of drug-likeness (QED) is 0.445. The average Bonchev–Trinajstić information content (AvgIpc) is 2.63. The summed E-state index contributed by atoms with van der Waals surface area (Å²) in [5.41, 5.74) is 0.642. The van der Waals surface area contributed by atoms with Crippen LogP contribution in [-0.2, 0) is 4.79 Å². The molecule has 0 atom stereocenters. The highest BCUT2D eigenvalue weighted by Gasteiger charge is 2.05. The van der Waals surface area contributed by atoms with E-state index in [1.165, 1.54) is 58.4 Å². The summed E-state index contributed by atoms with van der Waals surface area (Å²) >= 11 is 0. The fourth-order valence-electron chi connectivity index (χ4n) is 2.79. The van der Waals surface area contributed by atoms with Gasteiger partial charge in [0, 0.05) is 25.2 Å². The van der Waals surface area contributed by atoms with Crippen molar-refractivity contribution in [3.8, 4) is 5.75 Å². The number of nitrogens with one attached hydrogen (secondary N) is 2. The van der Waals surface area contributed by atoms with Crippen LogP contribution in [-0.4, -0.2) is 19.0 Å². The van der Waals surface area contributed by atoms with Crippen LogP contribution in [0.5, 0.6) is 5.75 Å². The number of amides is 2. The van der Waals surface area contributed by atoms with E-state index in [1.54, 1.807) is 24.3 Å². The first kappa shape index (κ1) is 22.0. The molecule has 0 bridgehead atoms. The third kappa shape index (κ3) is 10.7. The second-order valence-electron chi connectivity index (χ2n) is 6.65. The highest BCUT2D eigenvalue weighted by molar-refractivity contribution is 5.90. The summed E-state index contributed by atoms with van der Waals surface area (Å²) in [4.78, 5) is 23.2. The van der Waals surface area contributed by atoms with E-state index in [2.05, 4.69) is 17.6 Å². The molecule has 0 spiro atoms. The third-order valence-electron chi connectivity index (χ3n) is 4.29. The molecule has 0 fully saturated rings. The van der Waals surface area contributed by atoms with Crippen LogP contribution in [0.25, 0.3) is 0 Å². The van der Waals surface area contributed by atoms with E-state index in [4.69, 9.17) is 4.74 Å². The Morgan fingerprint density at radius 2 is 1.54 bits per heavy atom. The van der Waals surface area contributed by atoms with Crippen LogP contribution in [0.15, 0.2) is 24.3 Å². The van der Waals surface area contributed by atoms with Crippen LogP contribution in [0.3, 0.4) is 0 Å². The highest BCUT2D eigenvalue weighted by Crippen LogP contribution is 2.18. The molecule has 1 rings (SSSR count). The molecule has 0 aliphatic rings. The van der Waals surface area contributed by atoms with Crippen LogP contribution >= 0.6 is 0 Å². The number of rotatable bonds is 13. The normalized spacial score (nSPS) is 10.4. The maximum atomic E-state index is 12.0. The lowest BCUT2D eigenvalue weighted by molar-refractivity contribution is -0.116. The highest BCUT2D eigenvalue weighted by atomic mass is 16.5. The first-order valence-corrected chi connectivity index (χ1v) is 9.95. The summed E-state index contributed by atoms with van der Waals surface area (Å²) in [6, 6.07) is 6.85. The number of hydrogen-bond donors (Lipinski definition) is 2. The number of unbranched alkanes of at least 4 members (excludes halogenated alkanes) is 9. The van der Waals surface area contributed by atoms with E-state index in [-0.39, 0.29) is 5.91 Å². The van der Waals surface area contributed by atoms with Gasteiger partial charge >= 0.3 is 6.09 Å². The SMILES string of the molecule is CCCCCCCCCCCCC(=O)Nc1cccc(OC(=O)NC)c1. The Morgan fingerprint density at radius 3 is 2.15 bits per heavy atom. The molecule has 5 nitrogen and oxygen atoms in total. The van der Waals surface area contributed by atoms with E-state index >= 15 is 0 Å². The zero-order chi connectivity index (χ0) is 19.0. The van der Waals surface area contributed by atoms with Gasteiger partial charge in [-0.15, -0.1) is 0 Å². The second-order valence-corrected chi connectivity index (χ2v) is 6.65. The Morgan fingerprint density at radius 1 is 0.923 bits per heavy atom. The van der Waals surface area contributed by atoms with Crippen LogP contribution in [0.1, 0.15) is 77.6 Å². The molecule has 0 aliphatic heterocycles. The minimum absolute atomic E-state index is 0.00154. The van der Waals surface area contributed by atoms with Gasteiger partial charge in [-0.2, -0.15) is 0 Å². The summed E-state index contributed by atoms with van der Waals surface area (Å²) in [6.45, 7) is 2.24. The fourth-order valence-corrected chi connectivity index (χ4v) is 2.79. The van der Waals surface area contributed by atoms with E-state index in [9.17, 15) is 9.59 Å². The number of anilines is 1. The lowest BCUT2D eigenvalue weighted by Crippen LogP contribution is -2.22. The number of ether oxygens (including phenoxy) is 1. The fraction of sp³-hybridized carbons (Fsp3) is 0.619. The number of carbonyl (C=O) groups is 2. The van der Waals surface area contributed by atoms with Crippen molar-refractivity contribution in [1.29, 1.82) is 0 Å². The molecule has 0 aliphatic carbocycles. The van der Waals surface area contributed by atoms with Crippen molar-refractivity contribution >= 4 is 17.7 Å². The molecule has 0 aromatic heterocycles. The maximum absolute atomic E-state index is 12.0. The van der Waals surface area contributed by atoms with Gasteiger partial charge in [0.05, 0.1) is 0 Å². The molecule has 0 heterocycles. The van der Waals surface area contributed by atoms with Crippen molar-refractivity contribution in [2.24, 2.45) is 0 Å². The minimum Gasteiger partial charge on any atom is -0.410 e. The van der Waals surface area contributed by atoms with Crippen LogP contribution in [0, 0.1) is 0 Å². The molecule has 1 aromatic carbocycles. The second kappa shape index (κ2) is 14.2. The van der Waals surface area contributed by atoms with Crippen molar-refractivity contribution in [3.05, 3.63) is 24.3 Å². The third-order valence-corrected chi connectivity index (χ3v) is 4.29. The maximum Gasteiger partial charge on any atom is 0.412 e. The molecule has 146 valence electrons. The molecule has 2 N–H and O–H groups in total. The average molecular weight is 363 g/mol. The Hall–Kier alpha value is -2.04. The van der Waals surface area contributed by atoms with Gasteiger partial charge in [0.1, 0.15) is 5.75 Å². The molecule has 0 unspecified atom stereocenters. The lowest BCUT2D eigenvalue weighted by Gasteiger charge is -2.08. The zero-order valence-electron chi connectivity index (χ0n) is 16.3. The smallest absolute Gasteiger partial charge is 0.410 e. The monoisotopic (exact) mass is 362 g/mol. The zero-order valence-corrected chi connectivity index (χ0v) is 16.3. The standard InChI is InChI=1S/C21H34N2O3/c1-3-4-5-6-7-8-9-10-11-12-16-20(24)23-18-14-13-15-19(17-18)26-21(25)22-2/h13-15,17H,3-12,16H2,1-2H3,(H,22,25)(H,23,24). The number of hydrogen-bond acceptors (Lipinski definition) is 3. The van der Waals surface area contributed by atoms with Crippen molar-refractivity contribution in [1.82, 2.24) is 5.32 Å². The molecule has 1 aromatic rings. The van der Waals surface area contributed by atoms with Crippen LogP contribution < -0.4 is 15.4 Å². The molecular weight excluding hydrogens is 328 g/mol. The van der Waals surface area contributed by atoms with E-state index in [0.29, 0.717) is 17.9 Å². The first-order valence-electron chi connectivity index (χ1n) is 9.95. The largest absolute Gasteiger partial charge is 0.412 e. The minimum atomic E-state index is -0.529. The van der Waals surface area contributed by atoms with Gasteiger partial charge in [-0.3, -0.25) is 4.79 Å². The Bertz CT molecular complexity index is 532. The number of benzene rings is 1. The molecule has 0 saturated heterocycles. The van der Waals surface area contributed by atoms with Gasteiger partial charge in [0.2, 0.25) is 5.91 Å². The van der Waals surface area contributed by atoms with Crippen molar-refractivity contribution in [3.63, 3.8) is 0 Å². The van der Waals surface area contributed by atoms with Gasteiger partial charge in [0.25, 0.3) is 0 Å². The molecule has 0 radical (unpaired) electrons. The lowest BCUT2D eigenvalue weighted by atomic mass is 10.1. The molecular formula is C21H34N2O3. The van der Waals surface area contributed by atoms with Gasteiger partial charge < -0.3 is 15.4 Å². The van der Waals surface area contributed by atoms with Crippen molar-refractivity contribution < 1.29 is 14.3 Å². The van der Waals surface area contributed by atoms with Crippen LogP contribution in [0.2, 0.25) is 0 Å². The summed E-state index contributed by atoms with van der Waals surface area (Å²) < 4.78 is 5.05. The van der Waals surface area contributed by atoms with Crippen molar-refractivity contribution in [2.75, 3.05) is 12.4 Å². The summed E-state index contributed by atoms with van der Waals surface area (Å²) in [7, 11) is 1.50. The predicted octanol–water partition coefficient (Wildman–Crippen LogP) is 5.65. The molecule has 5 heteroatoms. The van der Waals surface area contributed by atoms with Crippen LogP contribution in [0.4, 0.5) is 10.5 Å². The topological polar surface area (TPSA) is 67.4 Å². The number of carbonyl (C=O) groups excluding carboxylic acids is 2. The Balaban J connectivity index is 2.11. The van der Waals surface area contributed by atoms with E-state index in [1.807, 2.05) is 0 Å². The predicted molar refractivity (Wildman–Crippen MR) is 107 cm³/mol. The van der Waals surface area contributed by atoms with Crippen molar-refractivity contribution in [2.45, 2.75) is 77.6 Å². The van der Waals surface area contributed by atoms with Gasteiger partial charge in [-0.25, -0.2) is 4.79 Å². The van der Waals surface area contributed by atoms with Gasteiger partial charge in [-0.05, 0) is 18.6 Å².